The van der Waals surface area contributed by atoms with Gasteiger partial charge in [-0.25, -0.2) is 14.6 Å². The first kappa shape index (κ1) is 20.6. The highest BCUT2D eigenvalue weighted by molar-refractivity contribution is 7.16. The van der Waals surface area contributed by atoms with E-state index >= 15 is 0 Å². The van der Waals surface area contributed by atoms with Gasteiger partial charge in [-0.3, -0.25) is 4.79 Å². The molecule has 1 amide bonds. The number of benzene rings is 1. The summed E-state index contributed by atoms with van der Waals surface area (Å²) in [5.41, 5.74) is 3.82. The van der Waals surface area contributed by atoms with Crippen LogP contribution in [0.5, 0.6) is 0 Å². The molecule has 1 aromatic carbocycles. The molecule has 0 unspecified atom stereocenters. The van der Waals surface area contributed by atoms with E-state index < -0.39 is 0 Å². The number of aromatic nitrogens is 4. The van der Waals surface area contributed by atoms with Gasteiger partial charge in [0.15, 0.2) is 0 Å². The average molecular weight is 447 g/mol. The molecule has 32 heavy (non-hydrogen) atoms. The fourth-order valence-corrected chi connectivity index (χ4v) is 5.02. The molecule has 0 spiro atoms. The van der Waals surface area contributed by atoms with Crippen molar-refractivity contribution >= 4 is 33.3 Å². The first-order chi connectivity index (χ1) is 15.5. The summed E-state index contributed by atoms with van der Waals surface area (Å²) in [5.74, 6) is 1.18. The summed E-state index contributed by atoms with van der Waals surface area (Å²) < 4.78 is 1.90. The zero-order chi connectivity index (χ0) is 22.2. The molecule has 8 heteroatoms. The summed E-state index contributed by atoms with van der Waals surface area (Å²) in [6, 6.07) is 10.3. The summed E-state index contributed by atoms with van der Waals surface area (Å²) in [5, 5.41) is 7.71. The van der Waals surface area contributed by atoms with Crippen LogP contribution in [0.2, 0.25) is 0 Å². The number of carbonyl (C=O) groups is 1. The van der Waals surface area contributed by atoms with E-state index in [0.717, 1.165) is 40.5 Å². The predicted octanol–water partition coefficient (Wildman–Crippen LogP) is 4.27. The number of aryl methyl sites for hydroxylation is 1. The normalized spacial score (nSPS) is 14.5. The molecule has 0 aliphatic carbocycles. The van der Waals surface area contributed by atoms with E-state index in [1.807, 2.05) is 27.1 Å². The summed E-state index contributed by atoms with van der Waals surface area (Å²) >= 11 is 1.62. The maximum absolute atomic E-state index is 13.5. The summed E-state index contributed by atoms with van der Waals surface area (Å²) in [6.07, 6.45) is 3.35. The second-order valence-electron chi connectivity index (χ2n) is 8.46. The molecule has 164 valence electrons. The standard InChI is InChI=1S/C24H26N6OS/c1-16(2)21-20(14-27-30(21)18-6-4-17(3)5-7-18)24(31)29-11-9-28(10-12-29)22-19-8-13-32-23(19)26-15-25-22/h4-8,13-16H,9-12H2,1-3H3. The Bertz CT molecular complexity index is 1250. The van der Waals surface area contributed by atoms with Crippen molar-refractivity contribution in [2.24, 2.45) is 0 Å². The fourth-order valence-electron chi connectivity index (χ4n) is 4.29. The highest BCUT2D eigenvalue weighted by Gasteiger charge is 2.28. The minimum atomic E-state index is 0.0510. The van der Waals surface area contributed by atoms with Crippen molar-refractivity contribution < 1.29 is 4.79 Å². The van der Waals surface area contributed by atoms with Gasteiger partial charge in [0, 0.05) is 26.2 Å². The Labute approximate surface area is 191 Å². The summed E-state index contributed by atoms with van der Waals surface area (Å²) in [7, 11) is 0. The quantitative estimate of drug-likeness (QED) is 0.468. The van der Waals surface area contributed by atoms with Crippen LogP contribution in [0, 0.1) is 6.92 Å². The van der Waals surface area contributed by atoms with Crippen molar-refractivity contribution in [1.29, 1.82) is 0 Å². The van der Waals surface area contributed by atoms with E-state index in [2.05, 4.69) is 58.9 Å². The highest BCUT2D eigenvalue weighted by Crippen LogP contribution is 2.28. The highest BCUT2D eigenvalue weighted by atomic mass is 32.1. The van der Waals surface area contributed by atoms with Crippen LogP contribution in [0.3, 0.4) is 0 Å². The first-order valence-corrected chi connectivity index (χ1v) is 11.8. The third kappa shape index (κ3) is 3.64. The van der Waals surface area contributed by atoms with E-state index in [9.17, 15) is 4.79 Å². The monoisotopic (exact) mass is 446 g/mol. The zero-order valence-electron chi connectivity index (χ0n) is 18.5. The van der Waals surface area contributed by atoms with Gasteiger partial charge < -0.3 is 9.80 Å². The van der Waals surface area contributed by atoms with Gasteiger partial charge in [0.25, 0.3) is 5.91 Å². The number of thiophene rings is 1. The Kier molecular flexibility index (Phi) is 5.38. The molecule has 0 atom stereocenters. The van der Waals surface area contributed by atoms with Crippen molar-refractivity contribution in [3.63, 3.8) is 0 Å². The number of hydrogen-bond donors (Lipinski definition) is 0. The Morgan fingerprint density at radius 1 is 1.03 bits per heavy atom. The lowest BCUT2D eigenvalue weighted by atomic mass is 10.0. The van der Waals surface area contributed by atoms with Crippen LogP contribution >= 0.6 is 11.3 Å². The molecule has 0 saturated carbocycles. The lowest BCUT2D eigenvalue weighted by Crippen LogP contribution is -2.49. The Hall–Kier alpha value is -3.26. The average Bonchev–Trinajstić information content (AvgIpc) is 3.46. The van der Waals surface area contributed by atoms with Crippen molar-refractivity contribution in [2.45, 2.75) is 26.7 Å². The van der Waals surface area contributed by atoms with Gasteiger partial charge in [-0.2, -0.15) is 5.10 Å². The minimum absolute atomic E-state index is 0.0510. The SMILES string of the molecule is Cc1ccc(-n2ncc(C(=O)N3CCN(c4ncnc5sccc45)CC3)c2C(C)C)cc1. The summed E-state index contributed by atoms with van der Waals surface area (Å²) in [6.45, 7) is 9.09. The third-order valence-electron chi connectivity index (χ3n) is 5.97. The first-order valence-electron chi connectivity index (χ1n) is 10.9. The van der Waals surface area contributed by atoms with Crippen molar-refractivity contribution in [3.05, 3.63) is 65.1 Å². The van der Waals surface area contributed by atoms with Gasteiger partial charge in [-0.05, 0) is 36.4 Å². The lowest BCUT2D eigenvalue weighted by molar-refractivity contribution is 0.0745. The fraction of sp³-hybridized carbons (Fsp3) is 0.333. The van der Waals surface area contributed by atoms with Crippen LogP contribution in [0.4, 0.5) is 5.82 Å². The van der Waals surface area contributed by atoms with Crippen molar-refractivity contribution in [1.82, 2.24) is 24.6 Å². The number of carbonyl (C=O) groups excluding carboxylic acids is 1. The van der Waals surface area contributed by atoms with Crippen LogP contribution in [-0.4, -0.2) is 56.7 Å². The molecule has 1 aliphatic heterocycles. The van der Waals surface area contributed by atoms with E-state index in [0.29, 0.717) is 18.7 Å². The van der Waals surface area contributed by atoms with Crippen LogP contribution in [0.15, 0.2) is 48.2 Å². The molecule has 0 radical (unpaired) electrons. The molecule has 7 nitrogen and oxygen atoms in total. The maximum Gasteiger partial charge on any atom is 0.257 e. The Morgan fingerprint density at radius 2 is 1.78 bits per heavy atom. The van der Waals surface area contributed by atoms with Gasteiger partial charge in [0.1, 0.15) is 17.0 Å². The number of fused-ring (bicyclic) bond motifs is 1. The smallest absolute Gasteiger partial charge is 0.257 e. The molecule has 1 saturated heterocycles. The minimum Gasteiger partial charge on any atom is -0.352 e. The van der Waals surface area contributed by atoms with Gasteiger partial charge in [0.2, 0.25) is 0 Å². The third-order valence-corrected chi connectivity index (χ3v) is 6.79. The molecule has 5 rings (SSSR count). The molecule has 4 heterocycles. The summed E-state index contributed by atoms with van der Waals surface area (Å²) in [4.78, 5) is 27.5. The number of rotatable bonds is 4. The Morgan fingerprint density at radius 3 is 2.50 bits per heavy atom. The van der Waals surface area contributed by atoms with Crippen molar-refractivity contribution in [2.75, 3.05) is 31.1 Å². The molecule has 4 aromatic rings. The number of nitrogens with zero attached hydrogens (tertiary/aromatic N) is 6. The Balaban J connectivity index is 1.36. The topological polar surface area (TPSA) is 67.2 Å². The van der Waals surface area contributed by atoms with Crippen LogP contribution in [0.1, 0.15) is 41.4 Å². The van der Waals surface area contributed by atoms with E-state index in [-0.39, 0.29) is 11.8 Å². The predicted molar refractivity (Wildman–Crippen MR) is 128 cm³/mol. The largest absolute Gasteiger partial charge is 0.352 e. The number of anilines is 1. The molecular formula is C24H26N6OS. The van der Waals surface area contributed by atoms with Crippen molar-refractivity contribution in [3.8, 4) is 5.69 Å². The van der Waals surface area contributed by atoms with Gasteiger partial charge in [-0.1, -0.05) is 31.5 Å². The molecule has 3 aromatic heterocycles. The number of hydrogen-bond acceptors (Lipinski definition) is 6. The molecule has 0 bridgehead atoms. The van der Waals surface area contributed by atoms with Crippen LogP contribution in [-0.2, 0) is 0 Å². The molecule has 0 N–H and O–H groups in total. The van der Waals surface area contributed by atoms with Crippen LogP contribution in [0.25, 0.3) is 15.9 Å². The second-order valence-corrected chi connectivity index (χ2v) is 9.36. The van der Waals surface area contributed by atoms with Gasteiger partial charge in [-0.15, -0.1) is 11.3 Å². The molecule has 1 fully saturated rings. The number of piperazine rings is 1. The maximum atomic E-state index is 13.5. The van der Waals surface area contributed by atoms with Gasteiger partial charge >= 0.3 is 0 Å². The lowest BCUT2D eigenvalue weighted by Gasteiger charge is -2.35. The van der Waals surface area contributed by atoms with E-state index in [1.54, 1.807) is 23.9 Å². The molecule has 1 aliphatic rings. The zero-order valence-corrected chi connectivity index (χ0v) is 19.3. The van der Waals surface area contributed by atoms with Crippen LogP contribution < -0.4 is 4.90 Å². The second kappa shape index (κ2) is 8.35. The van der Waals surface area contributed by atoms with Gasteiger partial charge in [0.05, 0.1) is 28.5 Å². The molecular weight excluding hydrogens is 420 g/mol. The number of amides is 1. The van der Waals surface area contributed by atoms with E-state index in [4.69, 9.17) is 0 Å². The van der Waals surface area contributed by atoms with E-state index in [1.165, 1.54) is 5.56 Å².